The zero-order chi connectivity index (χ0) is 9.97. The van der Waals surface area contributed by atoms with E-state index in [0.29, 0.717) is 12.2 Å². The molecule has 0 saturated heterocycles. The molecule has 0 heterocycles. The Bertz CT molecular complexity index is 379. The van der Waals surface area contributed by atoms with Crippen molar-refractivity contribution in [2.24, 2.45) is 0 Å². The van der Waals surface area contributed by atoms with E-state index in [-0.39, 0.29) is 0 Å². The van der Waals surface area contributed by atoms with Gasteiger partial charge in [-0.15, -0.1) is 0 Å². The van der Waals surface area contributed by atoms with E-state index in [4.69, 9.17) is 0 Å². The van der Waals surface area contributed by atoms with Crippen molar-refractivity contribution in [3.63, 3.8) is 0 Å². The quantitative estimate of drug-likeness (QED) is 0.724. The molecular formula is C12H11IO. The lowest BCUT2D eigenvalue weighted by Gasteiger charge is -2.15. The van der Waals surface area contributed by atoms with Crippen molar-refractivity contribution in [1.82, 2.24) is 0 Å². The van der Waals surface area contributed by atoms with Crippen LogP contribution in [0.2, 0.25) is 0 Å². The average Bonchev–Trinajstić information content (AvgIpc) is 2.23. The summed E-state index contributed by atoms with van der Waals surface area (Å²) in [6.45, 7) is 0. The molecule has 0 fully saturated rings. The van der Waals surface area contributed by atoms with E-state index in [1.165, 1.54) is 11.1 Å². The Morgan fingerprint density at radius 1 is 1.07 bits per heavy atom. The highest BCUT2D eigenvalue weighted by molar-refractivity contribution is 14.1. The number of allylic oxidation sites excluding steroid dienone is 2. The summed E-state index contributed by atoms with van der Waals surface area (Å²) in [5, 5.41) is 0. The summed E-state index contributed by atoms with van der Waals surface area (Å²) in [7, 11) is 0. The van der Waals surface area contributed by atoms with E-state index in [0.717, 1.165) is 16.4 Å². The summed E-state index contributed by atoms with van der Waals surface area (Å²) in [6, 6.07) is 10.2. The van der Waals surface area contributed by atoms with Crippen LogP contribution in [0.15, 0.2) is 33.9 Å². The second-order valence-corrected chi connectivity index (χ2v) is 4.51. The number of halogens is 1. The van der Waals surface area contributed by atoms with Gasteiger partial charge in [0.25, 0.3) is 0 Å². The van der Waals surface area contributed by atoms with Gasteiger partial charge in [0.2, 0.25) is 0 Å². The molecule has 0 saturated carbocycles. The van der Waals surface area contributed by atoms with E-state index in [2.05, 4.69) is 34.7 Å². The fourth-order valence-corrected chi connectivity index (χ4v) is 2.57. The van der Waals surface area contributed by atoms with Crippen molar-refractivity contribution in [2.45, 2.75) is 19.3 Å². The van der Waals surface area contributed by atoms with Crippen molar-refractivity contribution in [3.05, 3.63) is 39.5 Å². The first-order valence-electron chi connectivity index (χ1n) is 4.76. The molecule has 0 aliphatic heterocycles. The van der Waals surface area contributed by atoms with Gasteiger partial charge in [0.05, 0.1) is 3.58 Å². The molecule has 1 aromatic rings. The third-order valence-corrected chi connectivity index (χ3v) is 3.72. The van der Waals surface area contributed by atoms with Gasteiger partial charge in [0, 0.05) is 6.42 Å². The summed E-state index contributed by atoms with van der Waals surface area (Å²) in [6.07, 6.45) is 2.75. The number of Topliss-reactive ketones (excluding diaryl/α,β-unsaturated/α-hetero) is 1. The molecule has 1 aliphatic carbocycles. The normalized spacial score (nSPS) is 17.4. The lowest BCUT2D eigenvalue weighted by atomic mass is 9.93. The highest BCUT2D eigenvalue weighted by Crippen LogP contribution is 2.33. The first kappa shape index (κ1) is 9.90. The van der Waals surface area contributed by atoms with Gasteiger partial charge in [-0.2, -0.15) is 0 Å². The minimum atomic E-state index is 0.302. The lowest BCUT2D eigenvalue weighted by molar-refractivity contribution is -0.115. The number of carbonyl (C=O) groups is 1. The third-order valence-electron chi connectivity index (χ3n) is 2.46. The van der Waals surface area contributed by atoms with E-state index in [1.54, 1.807) is 0 Å². The number of carbonyl (C=O) groups excluding carboxylic acids is 1. The fourth-order valence-electron chi connectivity index (χ4n) is 1.72. The Kier molecular flexibility index (Phi) is 3.01. The first-order chi connectivity index (χ1) is 6.79. The Labute approximate surface area is 97.3 Å². The van der Waals surface area contributed by atoms with Gasteiger partial charge in [-0.25, -0.2) is 0 Å². The molecule has 2 rings (SSSR count). The van der Waals surface area contributed by atoms with Crippen LogP contribution in [0.5, 0.6) is 0 Å². The van der Waals surface area contributed by atoms with Crippen LogP contribution < -0.4 is 0 Å². The largest absolute Gasteiger partial charge is 0.294 e. The molecule has 1 nitrogen and oxygen atoms in total. The lowest BCUT2D eigenvalue weighted by Crippen LogP contribution is -2.06. The minimum Gasteiger partial charge on any atom is -0.294 e. The molecular weight excluding hydrogens is 287 g/mol. The predicted octanol–water partition coefficient (Wildman–Crippen LogP) is 3.59. The van der Waals surface area contributed by atoms with Crippen LogP contribution in [0.3, 0.4) is 0 Å². The van der Waals surface area contributed by atoms with Crippen LogP contribution in [0.25, 0.3) is 5.57 Å². The zero-order valence-corrected chi connectivity index (χ0v) is 9.95. The van der Waals surface area contributed by atoms with Crippen LogP contribution in [0.4, 0.5) is 0 Å². The Hall–Kier alpha value is -0.640. The molecule has 1 aromatic carbocycles. The van der Waals surface area contributed by atoms with Crippen LogP contribution in [0, 0.1) is 0 Å². The van der Waals surface area contributed by atoms with Gasteiger partial charge in [-0.1, -0.05) is 30.3 Å². The van der Waals surface area contributed by atoms with Crippen molar-refractivity contribution < 1.29 is 4.79 Å². The number of hydrogen-bond acceptors (Lipinski definition) is 1. The van der Waals surface area contributed by atoms with Gasteiger partial charge in [0.15, 0.2) is 5.78 Å². The molecule has 0 atom stereocenters. The smallest absolute Gasteiger partial charge is 0.169 e. The summed E-state index contributed by atoms with van der Waals surface area (Å²) in [5.41, 5.74) is 2.42. The minimum absolute atomic E-state index is 0.302. The van der Waals surface area contributed by atoms with E-state index in [1.807, 2.05) is 18.2 Å². The van der Waals surface area contributed by atoms with Gasteiger partial charge in [-0.05, 0) is 46.6 Å². The molecule has 0 aromatic heterocycles. The van der Waals surface area contributed by atoms with Gasteiger partial charge < -0.3 is 0 Å². The van der Waals surface area contributed by atoms with Crippen molar-refractivity contribution in [2.75, 3.05) is 0 Å². The number of rotatable bonds is 1. The zero-order valence-electron chi connectivity index (χ0n) is 7.79. The molecule has 14 heavy (non-hydrogen) atoms. The third kappa shape index (κ3) is 1.90. The monoisotopic (exact) mass is 298 g/mol. The molecule has 0 spiro atoms. The van der Waals surface area contributed by atoms with Gasteiger partial charge in [-0.3, -0.25) is 4.79 Å². The van der Waals surface area contributed by atoms with Crippen molar-refractivity contribution in [1.29, 1.82) is 0 Å². The van der Waals surface area contributed by atoms with Gasteiger partial charge in [0.1, 0.15) is 0 Å². The van der Waals surface area contributed by atoms with Gasteiger partial charge >= 0.3 is 0 Å². The summed E-state index contributed by atoms with van der Waals surface area (Å²) >= 11 is 2.18. The Morgan fingerprint density at radius 3 is 2.50 bits per heavy atom. The average molecular weight is 298 g/mol. The van der Waals surface area contributed by atoms with E-state index in [9.17, 15) is 4.79 Å². The fraction of sp³-hybridized carbons (Fsp3) is 0.250. The van der Waals surface area contributed by atoms with Crippen molar-refractivity contribution >= 4 is 33.9 Å². The molecule has 1 aliphatic rings. The summed E-state index contributed by atoms with van der Waals surface area (Å²) in [4.78, 5) is 11.5. The number of benzene rings is 1. The maximum absolute atomic E-state index is 11.5. The standard InChI is InChI=1S/C12H11IO/c13-12-10(7-4-8-11(12)14)9-5-2-1-3-6-9/h1-3,5-6H,4,7-8H2. The Balaban J connectivity index is 2.43. The van der Waals surface area contributed by atoms with Crippen LogP contribution in [-0.2, 0) is 4.79 Å². The predicted molar refractivity (Wildman–Crippen MR) is 66.2 cm³/mol. The second-order valence-electron chi connectivity index (χ2n) is 3.44. The molecule has 0 N–H and O–H groups in total. The molecule has 72 valence electrons. The highest BCUT2D eigenvalue weighted by atomic mass is 127. The number of hydrogen-bond donors (Lipinski definition) is 0. The topological polar surface area (TPSA) is 17.1 Å². The molecule has 2 heteroatoms. The van der Waals surface area contributed by atoms with Crippen LogP contribution in [0.1, 0.15) is 24.8 Å². The van der Waals surface area contributed by atoms with Crippen LogP contribution in [-0.4, -0.2) is 5.78 Å². The molecule has 0 radical (unpaired) electrons. The molecule has 0 amide bonds. The first-order valence-corrected chi connectivity index (χ1v) is 5.84. The second kappa shape index (κ2) is 4.26. The molecule has 0 bridgehead atoms. The number of ketones is 1. The van der Waals surface area contributed by atoms with E-state index < -0.39 is 0 Å². The van der Waals surface area contributed by atoms with E-state index >= 15 is 0 Å². The van der Waals surface area contributed by atoms with Crippen molar-refractivity contribution in [3.8, 4) is 0 Å². The summed E-state index contributed by atoms with van der Waals surface area (Å²) in [5.74, 6) is 0.302. The highest BCUT2D eigenvalue weighted by Gasteiger charge is 2.18. The maximum Gasteiger partial charge on any atom is 0.169 e. The summed E-state index contributed by atoms with van der Waals surface area (Å²) < 4.78 is 0.931. The SMILES string of the molecule is O=C1CCCC(c2ccccc2)=C1I. The Morgan fingerprint density at radius 2 is 1.79 bits per heavy atom. The molecule has 0 unspecified atom stereocenters. The maximum atomic E-state index is 11.5. The van der Waals surface area contributed by atoms with Crippen LogP contribution >= 0.6 is 22.6 Å².